The van der Waals surface area contributed by atoms with Crippen molar-refractivity contribution >= 4 is 11.9 Å². The Morgan fingerprint density at radius 1 is 1.59 bits per heavy atom. The average Bonchev–Trinajstić information content (AvgIpc) is 2.27. The highest BCUT2D eigenvalue weighted by atomic mass is 16.5. The van der Waals surface area contributed by atoms with Crippen LogP contribution in [0.4, 0.5) is 0 Å². The monoisotopic (exact) mass is 236 g/mol. The van der Waals surface area contributed by atoms with E-state index < -0.39 is 17.9 Å². The van der Waals surface area contributed by atoms with Crippen molar-refractivity contribution in [3.05, 3.63) is 23.8 Å². The first-order valence-corrected chi connectivity index (χ1v) is 5.32. The number of carbonyl (C=O) groups is 2. The summed E-state index contributed by atoms with van der Waals surface area (Å²) in [6.07, 6.45) is -0.129. The quantitative estimate of drug-likeness (QED) is 0.637. The van der Waals surface area contributed by atoms with Crippen LogP contribution in [0.25, 0.3) is 0 Å². The molecule has 0 radical (unpaired) electrons. The van der Waals surface area contributed by atoms with Gasteiger partial charge in [-0.15, -0.1) is 0 Å². The van der Waals surface area contributed by atoms with Gasteiger partial charge in [-0.2, -0.15) is 0 Å². The summed E-state index contributed by atoms with van der Waals surface area (Å²) in [5.74, 6) is -1.54. The molecule has 0 amide bonds. The summed E-state index contributed by atoms with van der Waals surface area (Å²) in [5, 5.41) is 9.04. The number of carboxylic acid groups (broad SMARTS) is 1. The number of rotatable bonds is 3. The van der Waals surface area contributed by atoms with Crippen molar-refractivity contribution in [1.29, 1.82) is 0 Å². The van der Waals surface area contributed by atoms with Crippen molar-refractivity contribution in [3.63, 3.8) is 0 Å². The van der Waals surface area contributed by atoms with Crippen LogP contribution in [0, 0.1) is 0 Å². The zero-order valence-electron chi connectivity index (χ0n) is 9.30. The van der Waals surface area contributed by atoms with Gasteiger partial charge in [-0.1, -0.05) is 6.07 Å². The fourth-order valence-electron chi connectivity index (χ4n) is 1.81. The zero-order valence-corrected chi connectivity index (χ0v) is 9.30. The Morgan fingerprint density at radius 3 is 3.00 bits per heavy atom. The lowest BCUT2D eigenvalue weighted by Gasteiger charge is -2.21. The van der Waals surface area contributed by atoms with E-state index in [1.807, 2.05) is 6.92 Å². The molecule has 17 heavy (non-hydrogen) atoms. The third-order valence-electron chi connectivity index (χ3n) is 2.56. The van der Waals surface area contributed by atoms with Gasteiger partial charge in [0.05, 0.1) is 18.9 Å². The first kappa shape index (κ1) is 11.4. The summed E-state index contributed by atoms with van der Waals surface area (Å²) >= 11 is 0. The zero-order chi connectivity index (χ0) is 12.4. The van der Waals surface area contributed by atoms with E-state index in [1.54, 1.807) is 18.2 Å². The van der Waals surface area contributed by atoms with Crippen LogP contribution in [0.3, 0.4) is 0 Å². The van der Waals surface area contributed by atoms with Gasteiger partial charge in [0.15, 0.2) is 0 Å². The molecular formula is C12H12O5. The highest BCUT2D eigenvalue weighted by Gasteiger charge is 2.32. The number of benzene rings is 1. The number of hydrogen-bond donors (Lipinski definition) is 1. The Balaban J connectivity index is 2.40. The normalized spacial score (nSPS) is 18.2. The van der Waals surface area contributed by atoms with E-state index in [4.69, 9.17) is 14.6 Å². The van der Waals surface area contributed by atoms with Crippen molar-refractivity contribution in [3.8, 4) is 11.5 Å². The lowest BCUT2D eigenvalue weighted by Crippen LogP contribution is -2.25. The third kappa shape index (κ3) is 2.22. The average molecular weight is 236 g/mol. The van der Waals surface area contributed by atoms with Gasteiger partial charge >= 0.3 is 11.9 Å². The molecule has 1 atom stereocenters. The molecule has 0 saturated carbocycles. The van der Waals surface area contributed by atoms with Gasteiger partial charge in [0.1, 0.15) is 11.5 Å². The van der Waals surface area contributed by atoms with E-state index >= 15 is 0 Å². The second kappa shape index (κ2) is 4.45. The molecule has 0 fully saturated rings. The first-order chi connectivity index (χ1) is 8.11. The van der Waals surface area contributed by atoms with Gasteiger partial charge in [0.25, 0.3) is 0 Å². The lowest BCUT2D eigenvalue weighted by molar-refractivity contribution is -0.145. The van der Waals surface area contributed by atoms with Crippen LogP contribution >= 0.6 is 0 Å². The molecule has 1 N–H and O–H groups in total. The molecule has 0 bridgehead atoms. The Kier molecular flexibility index (Phi) is 2.99. The molecule has 1 heterocycles. The van der Waals surface area contributed by atoms with E-state index in [2.05, 4.69) is 0 Å². The number of esters is 1. The minimum absolute atomic E-state index is 0.129. The Morgan fingerprint density at radius 2 is 2.35 bits per heavy atom. The molecule has 90 valence electrons. The Hall–Kier alpha value is -2.04. The molecule has 0 unspecified atom stereocenters. The molecule has 5 nitrogen and oxygen atoms in total. The maximum atomic E-state index is 11.3. The van der Waals surface area contributed by atoms with Crippen LogP contribution in [-0.2, 0) is 9.59 Å². The minimum atomic E-state index is -1.02. The van der Waals surface area contributed by atoms with Crippen LogP contribution in [-0.4, -0.2) is 23.7 Å². The van der Waals surface area contributed by atoms with E-state index in [9.17, 15) is 9.59 Å². The summed E-state index contributed by atoms with van der Waals surface area (Å²) in [7, 11) is 0. The molecule has 1 aliphatic rings. The van der Waals surface area contributed by atoms with Crippen molar-refractivity contribution in [2.75, 3.05) is 6.61 Å². The number of aliphatic carboxylic acids is 1. The molecular weight excluding hydrogens is 224 g/mol. The molecule has 1 aliphatic heterocycles. The van der Waals surface area contributed by atoms with E-state index in [-0.39, 0.29) is 12.2 Å². The summed E-state index contributed by atoms with van der Waals surface area (Å²) in [4.78, 5) is 22.3. The number of carboxylic acids is 1. The second-order valence-electron chi connectivity index (χ2n) is 3.70. The molecule has 1 aromatic rings. The van der Waals surface area contributed by atoms with Crippen LogP contribution < -0.4 is 9.47 Å². The van der Waals surface area contributed by atoms with Crippen LogP contribution in [0.15, 0.2) is 18.2 Å². The molecule has 0 spiro atoms. The van der Waals surface area contributed by atoms with Crippen molar-refractivity contribution in [2.45, 2.75) is 19.3 Å². The summed E-state index contributed by atoms with van der Waals surface area (Å²) in [6.45, 7) is 2.33. The fourth-order valence-corrected chi connectivity index (χ4v) is 1.81. The number of carbonyl (C=O) groups excluding carboxylic acids is 1. The van der Waals surface area contributed by atoms with E-state index in [1.165, 1.54) is 0 Å². The lowest BCUT2D eigenvalue weighted by atomic mass is 9.93. The minimum Gasteiger partial charge on any atom is -0.494 e. The molecule has 0 aromatic heterocycles. The predicted octanol–water partition coefficient (Wildman–Crippen LogP) is 1.56. The fraction of sp³-hybridized carbons (Fsp3) is 0.333. The molecule has 0 saturated heterocycles. The predicted molar refractivity (Wildman–Crippen MR) is 58.2 cm³/mol. The van der Waals surface area contributed by atoms with Gasteiger partial charge in [0, 0.05) is 11.6 Å². The van der Waals surface area contributed by atoms with Crippen LogP contribution in [0.1, 0.15) is 24.8 Å². The van der Waals surface area contributed by atoms with Gasteiger partial charge < -0.3 is 14.6 Å². The van der Waals surface area contributed by atoms with Gasteiger partial charge in [0.2, 0.25) is 0 Å². The highest BCUT2D eigenvalue weighted by Crippen LogP contribution is 2.36. The standard InChI is InChI=1S/C12H12O5/c1-2-16-7-3-4-8-9(12(14)15)6-11(13)17-10(8)5-7/h3-5,9H,2,6H2,1H3,(H,14,15)/t9-/m0/s1. The number of ether oxygens (including phenoxy) is 2. The van der Waals surface area contributed by atoms with Crippen molar-refractivity contribution in [1.82, 2.24) is 0 Å². The molecule has 0 aliphatic carbocycles. The maximum absolute atomic E-state index is 11.3. The van der Waals surface area contributed by atoms with Crippen molar-refractivity contribution in [2.24, 2.45) is 0 Å². The third-order valence-corrected chi connectivity index (χ3v) is 2.56. The van der Waals surface area contributed by atoms with E-state index in [0.29, 0.717) is 17.9 Å². The highest BCUT2D eigenvalue weighted by molar-refractivity contribution is 5.87. The van der Waals surface area contributed by atoms with E-state index in [0.717, 1.165) is 0 Å². The van der Waals surface area contributed by atoms with Crippen molar-refractivity contribution < 1.29 is 24.2 Å². The van der Waals surface area contributed by atoms with Crippen LogP contribution in [0.2, 0.25) is 0 Å². The largest absolute Gasteiger partial charge is 0.494 e. The van der Waals surface area contributed by atoms with Crippen LogP contribution in [0.5, 0.6) is 11.5 Å². The van der Waals surface area contributed by atoms with Gasteiger partial charge in [-0.3, -0.25) is 9.59 Å². The number of fused-ring (bicyclic) bond motifs is 1. The Labute approximate surface area is 98.0 Å². The Bertz CT molecular complexity index is 466. The molecule has 1 aromatic carbocycles. The summed E-state index contributed by atoms with van der Waals surface area (Å²) < 4.78 is 10.3. The van der Waals surface area contributed by atoms with Gasteiger partial charge in [-0.25, -0.2) is 0 Å². The summed E-state index contributed by atoms with van der Waals surface area (Å²) in [5.41, 5.74) is 0.514. The second-order valence-corrected chi connectivity index (χ2v) is 3.70. The maximum Gasteiger partial charge on any atom is 0.312 e. The molecule has 2 rings (SSSR count). The first-order valence-electron chi connectivity index (χ1n) is 5.32. The summed E-state index contributed by atoms with van der Waals surface area (Å²) in [6, 6.07) is 4.86. The number of hydrogen-bond acceptors (Lipinski definition) is 4. The molecule has 5 heteroatoms. The SMILES string of the molecule is CCOc1ccc2c(c1)OC(=O)C[C@@H]2C(=O)O. The topological polar surface area (TPSA) is 72.8 Å². The smallest absolute Gasteiger partial charge is 0.312 e. The van der Waals surface area contributed by atoms with Gasteiger partial charge in [-0.05, 0) is 13.0 Å².